The molecule has 0 aromatic carbocycles. The third-order valence-corrected chi connectivity index (χ3v) is 4.67. The third-order valence-electron chi connectivity index (χ3n) is 4.67. The maximum Gasteiger partial charge on any atom is 0.0889 e. The molecule has 2 aliphatic rings. The molecule has 0 amide bonds. The van der Waals surface area contributed by atoms with Gasteiger partial charge in [0.1, 0.15) is 0 Å². The van der Waals surface area contributed by atoms with Crippen LogP contribution in [0.1, 0.15) is 46.0 Å². The van der Waals surface area contributed by atoms with Gasteiger partial charge in [0.2, 0.25) is 0 Å². The quantitative estimate of drug-likeness (QED) is 0.505. The molecule has 1 heteroatoms. The van der Waals surface area contributed by atoms with Crippen LogP contribution in [0.25, 0.3) is 0 Å². The van der Waals surface area contributed by atoms with E-state index in [1.807, 2.05) is 0 Å². The second kappa shape index (κ2) is 3.61. The number of hydrogen-bond acceptors (Lipinski definition) is 0. The zero-order chi connectivity index (χ0) is 9.31. The van der Waals surface area contributed by atoms with Crippen molar-refractivity contribution in [1.29, 1.82) is 0 Å². The van der Waals surface area contributed by atoms with E-state index in [4.69, 9.17) is 0 Å². The van der Waals surface area contributed by atoms with Crippen LogP contribution in [0.2, 0.25) is 0 Å². The molecule has 2 fully saturated rings. The fourth-order valence-corrected chi connectivity index (χ4v) is 3.40. The summed E-state index contributed by atoms with van der Waals surface area (Å²) in [5.41, 5.74) is 0. The summed E-state index contributed by atoms with van der Waals surface area (Å²) < 4.78 is 1.47. The lowest BCUT2D eigenvalue weighted by Crippen LogP contribution is -2.52. The summed E-state index contributed by atoms with van der Waals surface area (Å²) in [5, 5.41) is 0. The van der Waals surface area contributed by atoms with E-state index in [0.717, 1.165) is 12.0 Å². The van der Waals surface area contributed by atoms with Gasteiger partial charge in [0.25, 0.3) is 0 Å². The van der Waals surface area contributed by atoms with E-state index in [0.29, 0.717) is 0 Å². The van der Waals surface area contributed by atoms with Gasteiger partial charge < -0.3 is 4.48 Å². The normalized spacial score (nSPS) is 39.2. The Bertz CT molecular complexity index is 168. The Morgan fingerprint density at radius 3 is 1.92 bits per heavy atom. The monoisotopic (exact) mass is 182 g/mol. The Labute approximate surface area is 82.7 Å². The van der Waals surface area contributed by atoms with Crippen molar-refractivity contribution < 1.29 is 4.48 Å². The second-order valence-electron chi connectivity index (χ2n) is 5.31. The van der Waals surface area contributed by atoms with Crippen molar-refractivity contribution in [1.82, 2.24) is 0 Å². The molecule has 1 nitrogen and oxygen atoms in total. The van der Waals surface area contributed by atoms with Gasteiger partial charge in [-0.05, 0) is 32.6 Å². The summed E-state index contributed by atoms with van der Waals surface area (Å²) in [6, 6.07) is 0.943. The minimum absolute atomic E-state index is 0.943. The molecular weight excluding hydrogens is 158 g/mol. The maximum atomic E-state index is 2.49. The van der Waals surface area contributed by atoms with Gasteiger partial charge in [0.05, 0.1) is 25.7 Å². The maximum absolute atomic E-state index is 2.49. The second-order valence-corrected chi connectivity index (χ2v) is 5.31. The molecule has 0 radical (unpaired) electrons. The molecule has 1 spiro atoms. The first-order chi connectivity index (χ1) is 6.25. The van der Waals surface area contributed by atoms with Crippen molar-refractivity contribution in [3.05, 3.63) is 0 Å². The Kier molecular flexibility index (Phi) is 2.64. The van der Waals surface area contributed by atoms with Crippen LogP contribution in [-0.2, 0) is 0 Å². The average molecular weight is 182 g/mol. The number of quaternary nitrogens is 1. The number of rotatable bonds is 0. The molecule has 0 saturated carbocycles. The van der Waals surface area contributed by atoms with Crippen molar-refractivity contribution in [3.63, 3.8) is 0 Å². The van der Waals surface area contributed by atoms with E-state index in [1.165, 1.54) is 56.2 Å². The van der Waals surface area contributed by atoms with Crippen LogP contribution in [-0.4, -0.2) is 30.2 Å². The van der Waals surface area contributed by atoms with E-state index in [2.05, 4.69) is 13.8 Å². The van der Waals surface area contributed by atoms with Gasteiger partial charge in [0.15, 0.2) is 0 Å². The summed E-state index contributed by atoms with van der Waals surface area (Å²) in [4.78, 5) is 0. The first-order valence-electron chi connectivity index (χ1n) is 6.10. The number of nitrogens with zero attached hydrogens (tertiary/aromatic N) is 1. The molecule has 0 aromatic rings. The molecule has 0 aromatic heterocycles. The molecule has 2 saturated heterocycles. The zero-order valence-electron chi connectivity index (χ0n) is 9.26. The standard InChI is InChI=1S/C12H24N/c1-11-7-10-13(12(11)2)8-5-3-4-6-9-13/h11-12H,3-10H2,1-2H3/q+1. The smallest absolute Gasteiger partial charge is 0.0889 e. The lowest BCUT2D eigenvalue weighted by Gasteiger charge is -2.38. The van der Waals surface area contributed by atoms with Gasteiger partial charge in [0, 0.05) is 12.3 Å². The van der Waals surface area contributed by atoms with Crippen LogP contribution in [0.3, 0.4) is 0 Å². The molecule has 2 rings (SSSR count). The molecule has 2 atom stereocenters. The van der Waals surface area contributed by atoms with Crippen molar-refractivity contribution >= 4 is 0 Å². The predicted octanol–water partition coefficient (Wildman–Crippen LogP) is 2.81. The SMILES string of the molecule is CC1CC[N+]2(CCCCCC2)C1C. The lowest BCUT2D eigenvalue weighted by atomic mass is 10.0. The highest BCUT2D eigenvalue weighted by molar-refractivity contribution is 4.72. The molecule has 0 bridgehead atoms. The minimum atomic E-state index is 0.943. The van der Waals surface area contributed by atoms with Gasteiger partial charge in [-0.15, -0.1) is 0 Å². The fourth-order valence-electron chi connectivity index (χ4n) is 3.40. The van der Waals surface area contributed by atoms with Gasteiger partial charge in [-0.25, -0.2) is 0 Å². The van der Waals surface area contributed by atoms with Crippen LogP contribution in [0.4, 0.5) is 0 Å². The van der Waals surface area contributed by atoms with Gasteiger partial charge in [-0.1, -0.05) is 6.92 Å². The zero-order valence-corrected chi connectivity index (χ0v) is 9.26. The van der Waals surface area contributed by atoms with Gasteiger partial charge in [-0.2, -0.15) is 0 Å². The molecule has 2 heterocycles. The molecule has 2 aliphatic heterocycles. The third kappa shape index (κ3) is 1.63. The summed E-state index contributed by atoms with van der Waals surface area (Å²) >= 11 is 0. The Hall–Kier alpha value is -0.0400. The van der Waals surface area contributed by atoms with Crippen molar-refractivity contribution in [2.45, 2.75) is 52.0 Å². The van der Waals surface area contributed by atoms with E-state index < -0.39 is 0 Å². The van der Waals surface area contributed by atoms with Crippen LogP contribution < -0.4 is 0 Å². The summed E-state index contributed by atoms with van der Waals surface area (Å²) in [7, 11) is 0. The average Bonchev–Trinajstić information content (AvgIpc) is 2.38. The molecule has 2 unspecified atom stereocenters. The Balaban J connectivity index is 2.09. The topological polar surface area (TPSA) is 0 Å². The van der Waals surface area contributed by atoms with E-state index >= 15 is 0 Å². The number of hydrogen-bond donors (Lipinski definition) is 0. The first-order valence-corrected chi connectivity index (χ1v) is 6.10. The largest absolute Gasteiger partial charge is 0.321 e. The van der Waals surface area contributed by atoms with Crippen LogP contribution in [0.5, 0.6) is 0 Å². The molecular formula is C12H24N+. The molecule has 13 heavy (non-hydrogen) atoms. The van der Waals surface area contributed by atoms with Crippen LogP contribution >= 0.6 is 0 Å². The van der Waals surface area contributed by atoms with Crippen molar-refractivity contribution in [2.75, 3.05) is 19.6 Å². The summed E-state index contributed by atoms with van der Waals surface area (Å²) in [6.45, 7) is 9.37. The highest BCUT2D eigenvalue weighted by atomic mass is 15.4. The van der Waals surface area contributed by atoms with Crippen molar-refractivity contribution in [3.8, 4) is 0 Å². The van der Waals surface area contributed by atoms with Gasteiger partial charge in [-0.3, -0.25) is 0 Å². The van der Waals surface area contributed by atoms with E-state index in [1.54, 1.807) is 0 Å². The highest BCUT2D eigenvalue weighted by Crippen LogP contribution is 2.34. The fraction of sp³-hybridized carbons (Fsp3) is 1.00. The van der Waals surface area contributed by atoms with Crippen molar-refractivity contribution in [2.24, 2.45) is 5.92 Å². The first kappa shape index (κ1) is 9.51. The van der Waals surface area contributed by atoms with E-state index in [9.17, 15) is 0 Å². The van der Waals surface area contributed by atoms with E-state index in [-0.39, 0.29) is 0 Å². The van der Waals surface area contributed by atoms with Crippen LogP contribution in [0.15, 0.2) is 0 Å². The van der Waals surface area contributed by atoms with Gasteiger partial charge >= 0.3 is 0 Å². The molecule has 0 N–H and O–H groups in total. The Morgan fingerprint density at radius 1 is 0.846 bits per heavy atom. The lowest BCUT2D eigenvalue weighted by molar-refractivity contribution is -0.938. The Morgan fingerprint density at radius 2 is 1.46 bits per heavy atom. The summed E-state index contributed by atoms with van der Waals surface area (Å²) in [6.07, 6.45) is 7.41. The highest BCUT2D eigenvalue weighted by Gasteiger charge is 2.42. The predicted molar refractivity (Wildman–Crippen MR) is 56.6 cm³/mol. The summed E-state index contributed by atoms with van der Waals surface area (Å²) in [5.74, 6) is 0.970. The van der Waals surface area contributed by atoms with Crippen LogP contribution in [0, 0.1) is 5.92 Å². The molecule has 76 valence electrons. The molecule has 0 aliphatic carbocycles. The minimum Gasteiger partial charge on any atom is -0.321 e.